The summed E-state index contributed by atoms with van der Waals surface area (Å²) in [5.41, 5.74) is -0.789. The molecule has 2 heterocycles. The van der Waals surface area contributed by atoms with Crippen molar-refractivity contribution in [2.75, 3.05) is 0 Å². The first-order valence-corrected chi connectivity index (χ1v) is 10.4. The molecule has 2 unspecified atom stereocenters. The number of ketones is 1. The van der Waals surface area contributed by atoms with Crippen LogP contribution in [0.3, 0.4) is 0 Å². The van der Waals surface area contributed by atoms with Crippen LogP contribution in [0.2, 0.25) is 0 Å². The molecule has 5 nitrogen and oxygen atoms in total. The summed E-state index contributed by atoms with van der Waals surface area (Å²) in [7, 11) is 0. The number of carbonyl (C=O) groups is 2. The van der Waals surface area contributed by atoms with Gasteiger partial charge in [-0.3, -0.25) is 4.79 Å². The molecule has 2 aromatic carbocycles. The number of benzene rings is 2. The third kappa shape index (κ3) is 4.33. The summed E-state index contributed by atoms with van der Waals surface area (Å²) in [5.74, 6) is -1.20. The van der Waals surface area contributed by atoms with E-state index in [0.29, 0.717) is 25.7 Å². The van der Waals surface area contributed by atoms with E-state index >= 15 is 0 Å². The van der Waals surface area contributed by atoms with E-state index in [0.717, 1.165) is 17.7 Å². The van der Waals surface area contributed by atoms with Crippen LogP contribution in [-0.4, -0.2) is 28.9 Å². The number of nitriles is 1. The lowest BCUT2D eigenvalue weighted by molar-refractivity contribution is -0.138. The first-order valence-electron chi connectivity index (χ1n) is 10.4. The Morgan fingerprint density at radius 2 is 1.72 bits per heavy atom. The van der Waals surface area contributed by atoms with Crippen molar-refractivity contribution in [3.63, 3.8) is 0 Å². The van der Waals surface area contributed by atoms with Crippen molar-refractivity contribution >= 4 is 11.9 Å². The molecule has 2 aliphatic heterocycles. The van der Waals surface area contributed by atoms with E-state index < -0.39 is 35.1 Å². The smallest absolute Gasteiger partial charge is 0.417 e. The van der Waals surface area contributed by atoms with Crippen LogP contribution in [0, 0.1) is 17.2 Å². The molecule has 2 saturated heterocycles. The maximum atomic E-state index is 13.5. The maximum absolute atomic E-state index is 13.5. The number of piperidine rings is 1. The fourth-order valence-corrected chi connectivity index (χ4v) is 4.77. The number of carbonyl (C=O) groups excluding carboxylic acids is 2. The van der Waals surface area contributed by atoms with Crippen LogP contribution in [0.5, 0.6) is 0 Å². The predicted octanol–water partition coefficient (Wildman–Crippen LogP) is 5.34. The summed E-state index contributed by atoms with van der Waals surface area (Å²) in [5, 5.41) is 8.93. The molecule has 0 saturated carbocycles. The molecule has 4 rings (SSSR count). The monoisotopic (exact) mass is 442 g/mol. The number of ether oxygens (including phenoxy) is 1. The van der Waals surface area contributed by atoms with Crippen LogP contribution in [0.1, 0.15) is 52.7 Å². The molecule has 8 heteroatoms. The molecular formula is C24H21F3N2O3. The highest BCUT2D eigenvalue weighted by molar-refractivity contribution is 5.99. The Kier molecular flexibility index (Phi) is 5.92. The van der Waals surface area contributed by atoms with Crippen molar-refractivity contribution in [1.82, 2.24) is 4.90 Å². The Balaban J connectivity index is 1.47. The topological polar surface area (TPSA) is 70.4 Å². The van der Waals surface area contributed by atoms with Gasteiger partial charge in [-0.05, 0) is 49.4 Å². The van der Waals surface area contributed by atoms with Gasteiger partial charge in [-0.2, -0.15) is 18.4 Å². The van der Waals surface area contributed by atoms with Crippen LogP contribution in [-0.2, 0) is 17.5 Å². The molecule has 0 aliphatic carbocycles. The normalized spacial score (nSPS) is 22.3. The van der Waals surface area contributed by atoms with E-state index in [1.54, 1.807) is 11.0 Å². The molecule has 0 spiro atoms. The summed E-state index contributed by atoms with van der Waals surface area (Å²) < 4.78 is 46.0. The minimum atomic E-state index is -4.74. The number of rotatable bonds is 4. The number of hydrogen-bond acceptors (Lipinski definition) is 4. The van der Waals surface area contributed by atoms with Crippen molar-refractivity contribution in [2.45, 2.75) is 50.6 Å². The van der Waals surface area contributed by atoms with Crippen molar-refractivity contribution < 1.29 is 27.5 Å². The quantitative estimate of drug-likeness (QED) is 0.600. The van der Waals surface area contributed by atoms with Crippen LogP contribution >= 0.6 is 0 Å². The summed E-state index contributed by atoms with van der Waals surface area (Å²) in [6.45, 7) is 0.137. The fraction of sp³-hybridized carbons (Fsp3) is 0.375. The molecule has 166 valence electrons. The number of amides is 1. The number of halogens is 3. The van der Waals surface area contributed by atoms with Crippen molar-refractivity contribution in [2.24, 2.45) is 5.92 Å². The van der Waals surface area contributed by atoms with Crippen molar-refractivity contribution in [3.8, 4) is 6.07 Å². The van der Waals surface area contributed by atoms with Gasteiger partial charge in [-0.25, -0.2) is 4.79 Å². The highest BCUT2D eigenvalue weighted by Gasteiger charge is 2.47. The second kappa shape index (κ2) is 8.65. The Hall–Kier alpha value is -3.34. The SMILES string of the molecule is N#Cc1ccc(C(=O)C2CC3CCC(C2)N3C(=O)OCc2ccccc2)c(C(F)(F)F)c1. The first kappa shape index (κ1) is 21.9. The minimum Gasteiger partial charge on any atom is -0.445 e. The minimum absolute atomic E-state index is 0.137. The maximum Gasteiger partial charge on any atom is 0.417 e. The molecule has 2 aliphatic rings. The van der Waals surface area contributed by atoms with Gasteiger partial charge in [0.25, 0.3) is 0 Å². The number of Topliss-reactive ketones (excluding diaryl/α,β-unsaturated/α-hetero) is 1. The lowest BCUT2D eigenvalue weighted by Crippen LogP contribution is -2.48. The van der Waals surface area contributed by atoms with Crippen LogP contribution < -0.4 is 0 Å². The van der Waals surface area contributed by atoms with Crippen LogP contribution in [0.4, 0.5) is 18.0 Å². The zero-order chi connectivity index (χ0) is 22.9. The zero-order valence-electron chi connectivity index (χ0n) is 17.1. The van der Waals surface area contributed by atoms with Gasteiger partial charge in [0.2, 0.25) is 0 Å². The van der Waals surface area contributed by atoms with E-state index in [4.69, 9.17) is 10.00 Å². The van der Waals surface area contributed by atoms with Gasteiger partial charge in [0, 0.05) is 23.6 Å². The predicted molar refractivity (Wildman–Crippen MR) is 108 cm³/mol. The Labute approximate surface area is 183 Å². The highest BCUT2D eigenvalue weighted by atomic mass is 19.4. The molecule has 2 atom stereocenters. The van der Waals surface area contributed by atoms with Gasteiger partial charge >= 0.3 is 12.3 Å². The summed E-state index contributed by atoms with van der Waals surface area (Å²) in [4.78, 5) is 27.4. The molecular weight excluding hydrogens is 421 g/mol. The van der Waals surface area contributed by atoms with E-state index in [1.165, 1.54) is 6.07 Å². The average molecular weight is 442 g/mol. The van der Waals surface area contributed by atoms with E-state index in [-0.39, 0.29) is 24.3 Å². The molecule has 0 aromatic heterocycles. The van der Waals surface area contributed by atoms with Crippen molar-refractivity contribution in [3.05, 3.63) is 70.8 Å². The Morgan fingerprint density at radius 1 is 1.06 bits per heavy atom. The first-order chi connectivity index (χ1) is 15.3. The summed E-state index contributed by atoms with van der Waals surface area (Å²) in [6, 6.07) is 13.5. The van der Waals surface area contributed by atoms with E-state index in [2.05, 4.69) is 0 Å². The number of fused-ring (bicyclic) bond motifs is 2. The number of nitrogens with zero attached hydrogens (tertiary/aromatic N) is 2. The second-order valence-electron chi connectivity index (χ2n) is 8.23. The van der Waals surface area contributed by atoms with Gasteiger partial charge in [0.05, 0.1) is 17.2 Å². The standard InChI is InChI=1S/C24H21F3N2O3/c25-24(26,27)21-10-16(13-28)6-9-20(21)22(30)17-11-18-7-8-19(12-17)29(18)23(31)32-14-15-4-2-1-3-5-15/h1-6,9-10,17-19H,7-8,11-12,14H2. The lowest BCUT2D eigenvalue weighted by Gasteiger charge is -2.37. The average Bonchev–Trinajstić information content (AvgIpc) is 3.06. The van der Waals surface area contributed by atoms with Gasteiger partial charge in [0.15, 0.2) is 5.78 Å². The number of hydrogen-bond donors (Lipinski definition) is 0. The molecule has 0 N–H and O–H groups in total. The number of alkyl halides is 3. The summed E-state index contributed by atoms with van der Waals surface area (Å²) >= 11 is 0. The molecule has 1 amide bonds. The van der Waals surface area contributed by atoms with Gasteiger partial charge in [-0.1, -0.05) is 30.3 Å². The lowest BCUT2D eigenvalue weighted by atomic mass is 9.83. The third-order valence-corrected chi connectivity index (χ3v) is 6.24. The molecule has 2 fully saturated rings. The summed E-state index contributed by atoms with van der Waals surface area (Å²) in [6.07, 6.45) is -3.22. The van der Waals surface area contributed by atoms with Gasteiger partial charge < -0.3 is 9.64 Å². The second-order valence-corrected chi connectivity index (χ2v) is 8.23. The molecule has 2 aromatic rings. The molecule has 0 radical (unpaired) electrons. The Morgan fingerprint density at radius 3 is 2.31 bits per heavy atom. The van der Waals surface area contributed by atoms with E-state index in [9.17, 15) is 22.8 Å². The molecule has 32 heavy (non-hydrogen) atoms. The van der Waals surface area contributed by atoms with Gasteiger partial charge in [0.1, 0.15) is 6.61 Å². The molecule has 2 bridgehead atoms. The zero-order valence-corrected chi connectivity index (χ0v) is 17.1. The van der Waals surface area contributed by atoms with Crippen LogP contribution in [0.25, 0.3) is 0 Å². The fourth-order valence-electron chi connectivity index (χ4n) is 4.77. The third-order valence-electron chi connectivity index (χ3n) is 6.24. The van der Waals surface area contributed by atoms with Gasteiger partial charge in [-0.15, -0.1) is 0 Å². The van der Waals surface area contributed by atoms with Crippen LogP contribution in [0.15, 0.2) is 48.5 Å². The van der Waals surface area contributed by atoms with Crippen molar-refractivity contribution in [1.29, 1.82) is 5.26 Å². The van der Waals surface area contributed by atoms with E-state index in [1.807, 2.05) is 30.3 Å². The largest absolute Gasteiger partial charge is 0.445 e. The Bertz CT molecular complexity index is 1050. The highest BCUT2D eigenvalue weighted by Crippen LogP contribution is 2.42.